The molecular weight excluding hydrogens is 571 g/mol. The molecule has 0 aliphatic carbocycles. The van der Waals surface area contributed by atoms with Crippen LogP contribution in [-0.4, -0.2) is 97.5 Å². The van der Waals surface area contributed by atoms with Crippen LogP contribution in [0.1, 0.15) is 22.8 Å². The van der Waals surface area contributed by atoms with Crippen molar-refractivity contribution in [2.24, 2.45) is 0 Å². The Balaban J connectivity index is 1.70. The Morgan fingerprint density at radius 1 is 1.15 bits per heavy atom. The van der Waals surface area contributed by atoms with Gasteiger partial charge < -0.3 is 25.4 Å². The third-order valence-corrected chi connectivity index (χ3v) is 6.75. The lowest BCUT2D eigenvalue weighted by molar-refractivity contribution is -0.249. The molecule has 4 rings (SSSR count). The highest BCUT2D eigenvalue weighted by molar-refractivity contribution is 5.98. The maximum Gasteiger partial charge on any atom is 0.426 e. The summed E-state index contributed by atoms with van der Waals surface area (Å²) < 4.78 is 101. The Kier molecular flexibility index (Phi) is 7.26. The molecule has 3 atom stereocenters. The molecule has 0 spiro atoms. The number of carbonyl (C=O) groups excluding carboxylic acids is 2. The van der Waals surface area contributed by atoms with Crippen molar-refractivity contribution in [2.45, 2.75) is 37.1 Å². The van der Waals surface area contributed by atoms with E-state index in [1.165, 1.54) is 0 Å². The number of nitrogens with zero attached hydrogens (tertiary/aromatic N) is 6. The van der Waals surface area contributed by atoms with E-state index in [0.717, 1.165) is 48.2 Å². The number of fused-ring (bicyclic) bond motifs is 1. The fourth-order valence-electron chi connectivity index (χ4n) is 4.45. The Hall–Kier alpha value is -4.22. The number of amides is 2. The molecule has 3 aromatic heterocycles. The molecule has 4 heterocycles. The van der Waals surface area contributed by atoms with E-state index in [-0.39, 0.29) is 29.6 Å². The van der Waals surface area contributed by atoms with E-state index in [1.807, 2.05) is 0 Å². The Bertz CT molecular complexity index is 1510. The number of ether oxygens (including phenoxy) is 1. The zero-order chi connectivity index (χ0) is 30.7. The number of likely N-dealkylation sites (tertiary alicyclic amines) is 1. The number of hydrogen-bond donors (Lipinski definition) is 2. The first-order valence-electron chi connectivity index (χ1n) is 11.6. The van der Waals surface area contributed by atoms with E-state index < -0.39 is 72.0 Å². The standard InChI is InChI=1S/C23H22F7N7O4/c1-21(40,23(28,29)30)20(39)36-7-13(24)15(8-36)35(2)19(38)11-4-10(6-32-18(11)41-3)14-5-12(22(25,26)27)16-17(31)33-9-34-37(14)16/h4-6,9,13,15,40H,7-8H2,1-3H3,(H2,31,33,34)/t13-,15+,21+/m0/s1. The topological polar surface area (TPSA) is 139 Å². The molecule has 222 valence electrons. The quantitative estimate of drug-likeness (QED) is 0.430. The number of carbonyl (C=O) groups is 2. The van der Waals surface area contributed by atoms with Crippen molar-refractivity contribution >= 4 is 23.1 Å². The fraction of sp³-hybridized carbons (Fsp3) is 0.435. The third-order valence-electron chi connectivity index (χ3n) is 6.75. The molecule has 41 heavy (non-hydrogen) atoms. The first kappa shape index (κ1) is 29.8. The number of anilines is 1. The predicted octanol–water partition coefficient (Wildman–Crippen LogP) is 2.34. The highest BCUT2D eigenvalue weighted by Crippen LogP contribution is 2.39. The third kappa shape index (κ3) is 5.07. The lowest BCUT2D eigenvalue weighted by Gasteiger charge is -2.30. The maximum atomic E-state index is 14.9. The summed E-state index contributed by atoms with van der Waals surface area (Å²) in [5, 5.41) is 13.5. The minimum Gasteiger partial charge on any atom is -0.480 e. The second kappa shape index (κ2) is 10.0. The number of aliphatic hydroxyl groups is 1. The van der Waals surface area contributed by atoms with Crippen molar-refractivity contribution in [1.82, 2.24) is 29.4 Å². The summed E-state index contributed by atoms with van der Waals surface area (Å²) in [6, 6.07) is 0.402. The van der Waals surface area contributed by atoms with Gasteiger partial charge in [-0.05, 0) is 19.1 Å². The largest absolute Gasteiger partial charge is 0.480 e. The number of aromatic nitrogens is 4. The van der Waals surface area contributed by atoms with E-state index >= 15 is 0 Å². The fourth-order valence-corrected chi connectivity index (χ4v) is 4.45. The van der Waals surface area contributed by atoms with Crippen LogP contribution >= 0.6 is 0 Å². The monoisotopic (exact) mass is 593 g/mol. The van der Waals surface area contributed by atoms with Crippen LogP contribution in [0.2, 0.25) is 0 Å². The minimum atomic E-state index is -5.33. The second-order valence-electron chi connectivity index (χ2n) is 9.41. The van der Waals surface area contributed by atoms with Crippen LogP contribution in [0.3, 0.4) is 0 Å². The van der Waals surface area contributed by atoms with Crippen molar-refractivity contribution in [3.05, 3.63) is 35.8 Å². The van der Waals surface area contributed by atoms with Gasteiger partial charge in [0.1, 0.15) is 23.6 Å². The van der Waals surface area contributed by atoms with Gasteiger partial charge in [0.05, 0.1) is 31.0 Å². The average molecular weight is 593 g/mol. The Morgan fingerprint density at radius 3 is 2.39 bits per heavy atom. The van der Waals surface area contributed by atoms with Crippen LogP contribution in [0.5, 0.6) is 5.88 Å². The average Bonchev–Trinajstić information content (AvgIpc) is 3.48. The lowest BCUT2D eigenvalue weighted by Crippen LogP contribution is -2.56. The van der Waals surface area contributed by atoms with Crippen LogP contribution in [0.15, 0.2) is 24.7 Å². The highest BCUT2D eigenvalue weighted by Gasteiger charge is 2.58. The molecule has 0 radical (unpaired) electrons. The van der Waals surface area contributed by atoms with Gasteiger partial charge in [-0.1, -0.05) is 0 Å². The Labute approximate surface area is 226 Å². The zero-order valence-corrected chi connectivity index (χ0v) is 21.5. The molecule has 1 saturated heterocycles. The van der Waals surface area contributed by atoms with Gasteiger partial charge in [-0.2, -0.15) is 31.4 Å². The van der Waals surface area contributed by atoms with Crippen LogP contribution in [0, 0.1) is 0 Å². The first-order chi connectivity index (χ1) is 18.9. The van der Waals surface area contributed by atoms with Gasteiger partial charge in [0, 0.05) is 25.4 Å². The zero-order valence-electron chi connectivity index (χ0n) is 21.5. The van der Waals surface area contributed by atoms with Crippen molar-refractivity contribution in [3.8, 4) is 17.1 Å². The number of halogens is 7. The molecule has 1 aliphatic heterocycles. The normalized spacial score (nSPS) is 19.3. The Morgan fingerprint density at radius 2 is 1.80 bits per heavy atom. The van der Waals surface area contributed by atoms with E-state index in [1.54, 1.807) is 0 Å². The van der Waals surface area contributed by atoms with E-state index in [0.29, 0.717) is 4.90 Å². The van der Waals surface area contributed by atoms with E-state index in [4.69, 9.17) is 10.5 Å². The van der Waals surface area contributed by atoms with E-state index in [9.17, 15) is 45.4 Å². The molecule has 0 bridgehead atoms. The molecule has 0 aromatic carbocycles. The van der Waals surface area contributed by atoms with Gasteiger partial charge in [-0.25, -0.2) is 18.9 Å². The van der Waals surface area contributed by atoms with Crippen LogP contribution < -0.4 is 10.5 Å². The van der Waals surface area contributed by atoms with Crippen molar-refractivity contribution < 1.29 is 50.2 Å². The van der Waals surface area contributed by atoms with Gasteiger partial charge in [0.25, 0.3) is 11.8 Å². The van der Waals surface area contributed by atoms with Gasteiger partial charge in [0.2, 0.25) is 11.5 Å². The summed E-state index contributed by atoms with van der Waals surface area (Å²) in [5.41, 5.74) is -0.377. The number of hydrogen-bond acceptors (Lipinski definition) is 8. The van der Waals surface area contributed by atoms with Crippen LogP contribution in [0.25, 0.3) is 16.8 Å². The highest BCUT2D eigenvalue weighted by atomic mass is 19.4. The van der Waals surface area contributed by atoms with Crippen molar-refractivity contribution in [1.29, 1.82) is 0 Å². The summed E-state index contributed by atoms with van der Waals surface area (Å²) in [4.78, 5) is 34.6. The van der Waals surface area contributed by atoms with Crippen molar-refractivity contribution in [2.75, 3.05) is 33.0 Å². The second-order valence-corrected chi connectivity index (χ2v) is 9.41. The maximum absolute atomic E-state index is 14.9. The van der Waals surface area contributed by atoms with Gasteiger partial charge in [-0.3, -0.25) is 9.59 Å². The minimum absolute atomic E-state index is 0.0487. The summed E-state index contributed by atoms with van der Waals surface area (Å²) in [7, 11) is 2.26. The van der Waals surface area contributed by atoms with Crippen LogP contribution in [-0.2, 0) is 11.0 Å². The molecule has 1 fully saturated rings. The number of methoxy groups -OCH3 is 1. The molecule has 1 aliphatic rings. The number of nitrogen functional groups attached to an aromatic ring is 1. The summed E-state index contributed by atoms with van der Waals surface area (Å²) in [6.45, 7) is -1.28. The molecule has 0 saturated carbocycles. The summed E-state index contributed by atoms with van der Waals surface area (Å²) >= 11 is 0. The molecule has 18 heteroatoms. The number of nitrogens with two attached hydrogens (primary N) is 1. The van der Waals surface area contributed by atoms with E-state index in [2.05, 4.69) is 15.1 Å². The molecule has 3 N–H and O–H groups in total. The van der Waals surface area contributed by atoms with Crippen LogP contribution in [0.4, 0.5) is 36.6 Å². The SMILES string of the molecule is COc1ncc(-c2cc(C(F)(F)F)c3c(N)ncnn23)cc1C(=O)N(C)[C@@H]1CN(C(=O)[C@@](C)(O)C(F)(F)F)C[C@@H]1F. The number of likely N-dealkylation sites (N-methyl/N-ethyl adjacent to an activating group) is 1. The predicted molar refractivity (Wildman–Crippen MR) is 126 cm³/mol. The number of pyridine rings is 1. The lowest BCUT2D eigenvalue weighted by atomic mass is 10.1. The molecule has 2 amide bonds. The molecule has 0 unspecified atom stereocenters. The first-order valence-corrected chi connectivity index (χ1v) is 11.6. The molecule has 11 nitrogen and oxygen atoms in total. The van der Waals surface area contributed by atoms with Gasteiger partial charge in [0.15, 0.2) is 5.82 Å². The number of alkyl halides is 7. The molecule has 3 aromatic rings. The van der Waals surface area contributed by atoms with Gasteiger partial charge in [-0.15, -0.1) is 0 Å². The molecular formula is C23H22F7N7O4. The number of rotatable bonds is 5. The summed E-state index contributed by atoms with van der Waals surface area (Å²) in [5.74, 6) is -3.52. The smallest absolute Gasteiger partial charge is 0.426 e. The van der Waals surface area contributed by atoms with Gasteiger partial charge >= 0.3 is 12.4 Å². The summed E-state index contributed by atoms with van der Waals surface area (Å²) in [6.07, 6.45) is -10.2. The van der Waals surface area contributed by atoms with Crippen molar-refractivity contribution in [3.63, 3.8) is 0 Å².